The van der Waals surface area contributed by atoms with E-state index in [0.717, 1.165) is 37.7 Å². The molecule has 1 unspecified atom stereocenters. The summed E-state index contributed by atoms with van der Waals surface area (Å²) in [7, 11) is 1.79. The van der Waals surface area contributed by atoms with Crippen LogP contribution >= 0.6 is 24.0 Å². The molecule has 0 spiro atoms. The Hall–Kier alpha value is -1.64. The molecule has 1 aromatic heterocycles. The molecule has 150 valence electrons. The number of aromatic nitrogens is 2. The molecule has 0 aliphatic rings. The van der Waals surface area contributed by atoms with E-state index in [0.29, 0.717) is 17.7 Å². The van der Waals surface area contributed by atoms with Crippen molar-refractivity contribution in [2.45, 2.75) is 52.4 Å². The van der Waals surface area contributed by atoms with Crippen LogP contribution in [-0.2, 0) is 6.42 Å². The Morgan fingerprint density at radius 3 is 2.63 bits per heavy atom. The first-order chi connectivity index (χ1) is 12.5. The molecule has 1 atom stereocenters. The summed E-state index contributed by atoms with van der Waals surface area (Å²) >= 11 is 0. The largest absolute Gasteiger partial charge is 0.356 e. The van der Waals surface area contributed by atoms with E-state index in [1.54, 1.807) is 7.05 Å². The third-order valence-electron chi connectivity index (χ3n) is 4.27. The van der Waals surface area contributed by atoms with E-state index in [9.17, 15) is 0 Å². The third-order valence-corrected chi connectivity index (χ3v) is 4.27. The second-order valence-corrected chi connectivity index (χ2v) is 7.00. The molecule has 0 fully saturated rings. The van der Waals surface area contributed by atoms with Crippen LogP contribution in [0.5, 0.6) is 0 Å². The normalized spacial score (nSPS) is 12.6. The Kier molecular flexibility index (Phi) is 10.4. The average molecular weight is 485 g/mol. The van der Waals surface area contributed by atoms with Crippen LogP contribution in [0.15, 0.2) is 33.8 Å². The molecule has 0 amide bonds. The van der Waals surface area contributed by atoms with Crippen LogP contribution in [0, 0.1) is 6.92 Å². The molecule has 1 heterocycles. The van der Waals surface area contributed by atoms with Gasteiger partial charge in [-0.3, -0.25) is 4.99 Å². The van der Waals surface area contributed by atoms with Crippen molar-refractivity contribution in [1.29, 1.82) is 0 Å². The van der Waals surface area contributed by atoms with Gasteiger partial charge in [0, 0.05) is 32.5 Å². The van der Waals surface area contributed by atoms with E-state index in [4.69, 9.17) is 4.52 Å². The number of hydrogen-bond donors (Lipinski definition) is 2. The maximum atomic E-state index is 5.26. The maximum Gasteiger partial charge on any atom is 0.226 e. The van der Waals surface area contributed by atoms with Crippen molar-refractivity contribution < 1.29 is 4.52 Å². The predicted molar refractivity (Wildman–Crippen MR) is 121 cm³/mol. The molecule has 0 saturated carbocycles. The highest BCUT2D eigenvalue weighted by atomic mass is 127. The average Bonchev–Trinajstić information content (AvgIpc) is 3.10. The van der Waals surface area contributed by atoms with Crippen molar-refractivity contribution in [3.63, 3.8) is 0 Å². The molecule has 27 heavy (non-hydrogen) atoms. The first-order valence-corrected chi connectivity index (χ1v) is 9.33. The summed E-state index contributed by atoms with van der Waals surface area (Å²) < 4.78 is 5.26. The summed E-state index contributed by atoms with van der Waals surface area (Å²) in [4.78, 5) is 8.68. The van der Waals surface area contributed by atoms with Gasteiger partial charge < -0.3 is 15.2 Å². The lowest BCUT2D eigenvalue weighted by Gasteiger charge is -2.16. The van der Waals surface area contributed by atoms with Gasteiger partial charge in [0.15, 0.2) is 11.8 Å². The summed E-state index contributed by atoms with van der Waals surface area (Å²) in [5.41, 5.74) is 2.63. The summed E-state index contributed by atoms with van der Waals surface area (Å²) in [6, 6.07) is 8.64. The Morgan fingerprint density at radius 2 is 2.00 bits per heavy atom. The molecule has 2 N–H and O–H groups in total. The lowest BCUT2D eigenvalue weighted by Crippen LogP contribution is -2.39. The zero-order valence-electron chi connectivity index (χ0n) is 17.0. The van der Waals surface area contributed by atoms with Gasteiger partial charge in [-0.15, -0.1) is 24.0 Å². The molecule has 0 aliphatic heterocycles. The lowest BCUT2D eigenvalue weighted by atomic mass is 9.99. The van der Waals surface area contributed by atoms with E-state index in [2.05, 4.69) is 77.7 Å². The molecule has 7 heteroatoms. The van der Waals surface area contributed by atoms with E-state index < -0.39 is 0 Å². The van der Waals surface area contributed by atoms with Crippen LogP contribution in [0.1, 0.15) is 61.9 Å². The Balaban J connectivity index is 0.00000364. The van der Waals surface area contributed by atoms with Crippen LogP contribution < -0.4 is 10.6 Å². The highest BCUT2D eigenvalue weighted by Crippen LogP contribution is 2.15. The highest BCUT2D eigenvalue weighted by molar-refractivity contribution is 14.0. The number of rotatable bonds is 8. The van der Waals surface area contributed by atoms with Crippen molar-refractivity contribution in [3.05, 3.63) is 47.1 Å². The highest BCUT2D eigenvalue weighted by Gasteiger charge is 2.10. The summed E-state index contributed by atoms with van der Waals surface area (Å²) in [5, 5.41) is 10.7. The van der Waals surface area contributed by atoms with Crippen molar-refractivity contribution in [1.82, 2.24) is 20.8 Å². The predicted octanol–water partition coefficient (Wildman–Crippen LogP) is 4.02. The number of hydrogen-bond acceptors (Lipinski definition) is 4. The summed E-state index contributed by atoms with van der Waals surface area (Å²) in [5.74, 6) is 3.00. The Bertz CT molecular complexity index is 714. The molecular weight excluding hydrogens is 453 g/mol. The minimum Gasteiger partial charge on any atom is -0.356 e. The number of aliphatic imine (C=N–C) groups is 1. The van der Waals surface area contributed by atoms with Crippen molar-refractivity contribution >= 4 is 29.9 Å². The van der Waals surface area contributed by atoms with Crippen LogP contribution in [-0.4, -0.2) is 36.2 Å². The SMILES string of the molecule is CN=C(NCCCc1nc(C(C)C)no1)NCC(C)c1cccc(C)c1.I. The summed E-state index contributed by atoms with van der Waals surface area (Å²) in [6.07, 6.45) is 1.68. The second kappa shape index (κ2) is 11.9. The number of nitrogens with one attached hydrogen (secondary N) is 2. The maximum absolute atomic E-state index is 5.26. The minimum atomic E-state index is 0. The van der Waals surface area contributed by atoms with Crippen molar-refractivity contribution in [3.8, 4) is 0 Å². The lowest BCUT2D eigenvalue weighted by molar-refractivity contribution is 0.368. The first-order valence-electron chi connectivity index (χ1n) is 9.33. The molecule has 0 bridgehead atoms. The number of aryl methyl sites for hydroxylation is 2. The quantitative estimate of drug-likeness (QED) is 0.256. The van der Waals surface area contributed by atoms with Crippen LogP contribution in [0.2, 0.25) is 0 Å². The Morgan fingerprint density at radius 1 is 1.22 bits per heavy atom. The molecule has 0 saturated heterocycles. The number of guanidine groups is 1. The van der Waals surface area contributed by atoms with Gasteiger partial charge in [0.05, 0.1) is 0 Å². The van der Waals surface area contributed by atoms with Gasteiger partial charge in [0.2, 0.25) is 5.89 Å². The van der Waals surface area contributed by atoms with E-state index in [1.807, 2.05) is 0 Å². The van der Waals surface area contributed by atoms with Gasteiger partial charge in [-0.1, -0.05) is 55.8 Å². The van der Waals surface area contributed by atoms with E-state index in [-0.39, 0.29) is 24.0 Å². The van der Waals surface area contributed by atoms with Gasteiger partial charge in [0.25, 0.3) is 0 Å². The zero-order chi connectivity index (χ0) is 18.9. The Labute approximate surface area is 179 Å². The fourth-order valence-electron chi connectivity index (χ4n) is 2.62. The van der Waals surface area contributed by atoms with Gasteiger partial charge in [-0.05, 0) is 24.8 Å². The topological polar surface area (TPSA) is 75.3 Å². The fraction of sp³-hybridized carbons (Fsp3) is 0.550. The standard InChI is InChI=1S/C20H31N5O.HI/c1-14(2)19-24-18(26-25-19)10-7-11-22-20(21-5)23-13-16(4)17-9-6-8-15(3)12-17;/h6,8-9,12,14,16H,7,10-11,13H2,1-5H3,(H2,21,22,23);1H. The molecular formula is C20H32IN5O. The molecule has 0 aliphatic carbocycles. The van der Waals surface area contributed by atoms with Gasteiger partial charge in [0.1, 0.15) is 0 Å². The molecule has 6 nitrogen and oxygen atoms in total. The smallest absolute Gasteiger partial charge is 0.226 e. The summed E-state index contributed by atoms with van der Waals surface area (Å²) in [6.45, 7) is 10.1. The first kappa shape index (κ1) is 23.4. The zero-order valence-corrected chi connectivity index (χ0v) is 19.3. The van der Waals surface area contributed by atoms with Crippen LogP contribution in [0.3, 0.4) is 0 Å². The molecule has 2 rings (SSSR count). The van der Waals surface area contributed by atoms with Crippen molar-refractivity contribution in [2.24, 2.45) is 4.99 Å². The number of halogens is 1. The molecule has 1 aromatic carbocycles. The van der Waals surface area contributed by atoms with Crippen LogP contribution in [0.25, 0.3) is 0 Å². The minimum absolute atomic E-state index is 0. The monoisotopic (exact) mass is 485 g/mol. The van der Waals surface area contributed by atoms with Crippen LogP contribution in [0.4, 0.5) is 0 Å². The molecule has 0 radical (unpaired) electrons. The number of nitrogens with zero attached hydrogens (tertiary/aromatic N) is 3. The van der Waals surface area contributed by atoms with Gasteiger partial charge in [-0.25, -0.2) is 0 Å². The molecule has 2 aromatic rings. The second-order valence-electron chi connectivity index (χ2n) is 7.00. The third kappa shape index (κ3) is 7.86. The van der Waals surface area contributed by atoms with Gasteiger partial charge in [-0.2, -0.15) is 4.98 Å². The van der Waals surface area contributed by atoms with E-state index >= 15 is 0 Å². The van der Waals surface area contributed by atoms with E-state index in [1.165, 1.54) is 11.1 Å². The van der Waals surface area contributed by atoms with Crippen molar-refractivity contribution in [2.75, 3.05) is 20.1 Å². The van der Waals surface area contributed by atoms with Gasteiger partial charge >= 0.3 is 0 Å². The fourth-order valence-corrected chi connectivity index (χ4v) is 2.62. The number of benzene rings is 1.